The average molecular weight is 962 g/mol. The summed E-state index contributed by atoms with van der Waals surface area (Å²) in [5.74, 6) is -2.14. The predicted molar refractivity (Wildman–Crippen MR) is 262 cm³/mol. The van der Waals surface area contributed by atoms with Crippen LogP contribution in [0.15, 0.2) is 95.7 Å². The van der Waals surface area contributed by atoms with Crippen LogP contribution >= 0.6 is 11.6 Å². The van der Waals surface area contributed by atoms with Gasteiger partial charge in [0, 0.05) is 93.6 Å². The summed E-state index contributed by atoms with van der Waals surface area (Å²) < 4.78 is 43.7. The molecule has 1 aliphatic carbocycles. The third kappa shape index (κ3) is 9.74. The molecule has 3 aromatic heterocycles. The Bertz CT molecular complexity index is 3000. The number of aromatic amines is 1. The number of halogens is 1. The monoisotopic (exact) mass is 960 g/mol. The molecule has 6 heterocycles. The fourth-order valence-corrected chi connectivity index (χ4v) is 11.5. The second kappa shape index (κ2) is 19.0. The molecule has 0 radical (unpaired) electrons. The van der Waals surface area contributed by atoms with Crippen LogP contribution in [0.1, 0.15) is 85.1 Å². The SMILES string of the molecule is CC1(C)CCC(CN2CCN(c3ccc(C(=O)NS(=O)(=O)c4ccc(OC5CCN(C6CCOCC6)CC5)c(C(=O)O)c4)c(-n4[nH]cc5nc6nccc6cc54)c3)CC2)=C(c2ccc(Cl)cc2)C1. The number of anilines is 1. The maximum Gasteiger partial charge on any atom is 0.339 e. The lowest BCUT2D eigenvalue weighted by atomic mass is 9.72. The van der Waals surface area contributed by atoms with Gasteiger partial charge in [0.15, 0.2) is 5.65 Å². The van der Waals surface area contributed by atoms with Crippen molar-refractivity contribution in [3.8, 4) is 11.4 Å². The number of hydrogen-bond donors (Lipinski definition) is 3. The van der Waals surface area contributed by atoms with Crippen molar-refractivity contribution in [2.75, 3.05) is 63.9 Å². The van der Waals surface area contributed by atoms with Gasteiger partial charge < -0.3 is 19.5 Å². The van der Waals surface area contributed by atoms with Gasteiger partial charge in [0.2, 0.25) is 0 Å². The zero-order chi connectivity index (χ0) is 47.2. The Morgan fingerprint density at radius 2 is 1.69 bits per heavy atom. The molecule has 0 saturated carbocycles. The number of amides is 1. The van der Waals surface area contributed by atoms with Gasteiger partial charge >= 0.3 is 5.97 Å². The van der Waals surface area contributed by atoms with E-state index in [9.17, 15) is 23.1 Å². The first-order valence-corrected chi connectivity index (χ1v) is 25.5. The number of H-pyrrole nitrogens is 1. The molecule has 6 aromatic rings. The summed E-state index contributed by atoms with van der Waals surface area (Å²) in [5.41, 5.74) is 7.28. The average Bonchev–Trinajstić information content (AvgIpc) is 3.98. The Morgan fingerprint density at radius 3 is 2.44 bits per heavy atom. The molecule has 4 aliphatic rings. The van der Waals surface area contributed by atoms with E-state index < -0.39 is 21.9 Å². The number of aromatic carboxylic acids is 1. The third-order valence-corrected chi connectivity index (χ3v) is 15.8. The smallest absolute Gasteiger partial charge is 0.339 e. The number of aromatic nitrogens is 4. The molecule has 356 valence electrons. The van der Waals surface area contributed by atoms with Crippen molar-refractivity contribution in [3.05, 3.63) is 112 Å². The number of piperazine rings is 1. The molecule has 3 aliphatic heterocycles. The topological polar surface area (TPSA) is 175 Å². The quantitative estimate of drug-likeness (QED) is 0.108. The van der Waals surface area contributed by atoms with E-state index in [0.717, 1.165) is 113 Å². The number of ether oxygens (including phenoxy) is 2. The van der Waals surface area contributed by atoms with Gasteiger partial charge in [-0.25, -0.2) is 27.9 Å². The number of pyridine rings is 1. The lowest BCUT2D eigenvalue weighted by Gasteiger charge is -2.39. The van der Waals surface area contributed by atoms with Crippen LogP contribution in [-0.4, -0.2) is 126 Å². The maximum absolute atomic E-state index is 14.3. The van der Waals surface area contributed by atoms with Crippen LogP contribution in [0.4, 0.5) is 5.69 Å². The Morgan fingerprint density at radius 1 is 0.926 bits per heavy atom. The molecule has 3 N–H and O–H groups in total. The van der Waals surface area contributed by atoms with E-state index in [0.29, 0.717) is 41.3 Å². The fourth-order valence-electron chi connectivity index (χ4n) is 10.4. The lowest BCUT2D eigenvalue weighted by molar-refractivity contribution is 0.00992. The number of nitrogens with zero attached hydrogens (tertiary/aromatic N) is 6. The van der Waals surface area contributed by atoms with Gasteiger partial charge in [0.05, 0.1) is 21.7 Å². The number of rotatable bonds is 12. The van der Waals surface area contributed by atoms with Crippen molar-refractivity contribution in [1.29, 1.82) is 0 Å². The van der Waals surface area contributed by atoms with E-state index in [2.05, 4.69) is 55.5 Å². The molecular formula is C51H57ClN8O7S. The minimum atomic E-state index is -4.56. The van der Waals surface area contributed by atoms with Crippen LogP contribution in [0.5, 0.6) is 5.75 Å². The number of benzene rings is 3. The third-order valence-electron chi connectivity index (χ3n) is 14.3. The van der Waals surface area contributed by atoms with Crippen molar-refractivity contribution >= 4 is 66.8 Å². The van der Waals surface area contributed by atoms with Gasteiger partial charge in [-0.2, -0.15) is 0 Å². The summed E-state index contributed by atoms with van der Waals surface area (Å²) in [6, 6.07) is 21.5. The normalized spacial score (nSPS) is 19.2. The van der Waals surface area contributed by atoms with Crippen molar-refractivity contribution in [2.45, 2.75) is 75.8 Å². The number of carbonyl (C=O) groups excluding carboxylic acids is 1. The summed E-state index contributed by atoms with van der Waals surface area (Å²) in [6.07, 6.45) is 9.81. The largest absolute Gasteiger partial charge is 0.489 e. The lowest BCUT2D eigenvalue weighted by Crippen LogP contribution is -2.47. The first kappa shape index (κ1) is 46.0. The number of allylic oxidation sites excluding steroid dienone is 1. The number of fused-ring (bicyclic) bond motifs is 2. The Hall–Kier alpha value is -5.78. The van der Waals surface area contributed by atoms with Crippen LogP contribution in [0.25, 0.3) is 33.3 Å². The molecule has 3 aromatic carbocycles. The van der Waals surface area contributed by atoms with Crippen molar-refractivity contribution in [3.63, 3.8) is 0 Å². The zero-order valence-corrected chi connectivity index (χ0v) is 40.0. The Kier molecular flexibility index (Phi) is 12.8. The summed E-state index contributed by atoms with van der Waals surface area (Å²) in [6.45, 7) is 11.9. The minimum Gasteiger partial charge on any atom is -0.489 e. The molecule has 15 nitrogen and oxygen atoms in total. The number of carboxylic acid groups (broad SMARTS) is 1. The van der Waals surface area contributed by atoms with Crippen molar-refractivity contribution in [1.82, 2.24) is 34.3 Å². The number of carbonyl (C=O) groups is 2. The van der Waals surface area contributed by atoms with Crippen molar-refractivity contribution in [2.24, 2.45) is 5.41 Å². The molecule has 3 saturated heterocycles. The Labute approximate surface area is 401 Å². The molecule has 10 rings (SSSR count). The summed E-state index contributed by atoms with van der Waals surface area (Å²) in [4.78, 5) is 42.8. The molecule has 0 bridgehead atoms. The van der Waals surface area contributed by atoms with Gasteiger partial charge in [-0.15, -0.1) is 0 Å². The fraction of sp³-hybridized carbons (Fsp3) is 0.412. The summed E-state index contributed by atoms with van der Waals surface area (Å²) >= 11 is 6.27. The second-order valence-electron chi connectivity index (χ2n) is 19.3. The summed E-state index contributed by atoms with van der Waals surface area (Å²) in [5, 5.41) is 15.0. The number of carboxylic acids is 1. The molecule has 1 amide bonds. The predicted octanol–water partition coefficient (Wildman–Crippen LogP) is 8.18. The number of likely N-dealkylation sites (tertiary alicyclic amines) is 1. The van der Waals surface area contributed by atoms with E-state index in [1.165, 1.54) is 28.8 Å². The number of piperidine rings is 1. The highest BCUT2D eigenvalue weighted by atomic mass is 35.5. The number of sulfonamides is 1. The van der Waals surface area contributed by atoms with Crippen molar-refractivity contribution < 1.29 is 32.6 Å². The van der Waals surface area contributed by atoms with Gasteiger partial charge in [-0.1, -0.05) is 43.2 Å². The second-order valence-corrected chi connectivity index (χ2v) is 21.5. The van der Waals surface area contributed by atoms with E-state index >= 15 is 0 Å². The highest BCUT2D eigenvalue weighted by molar-refractivity contribution is 7.90. The van der Waals surface area contributed by atoms with Crippen LogP contribution in [-0.2, 0) is 14.8 Å². The van der Waals surface area contributed by atoms with Gasteiger partial charge in [-0.05, 0) is 122 Å². The molecule has 68 heavy (non-hydrogen) atoms. The number of hydrogen-bond acceptors (Lipinski definition) is 11. The first-order valence-electron chi connectivity index (χ1n) is 23.6. The van der Waals surface area contributed by atoms with E-state index in [-0.39, 0.29) is 33.3 Å². The van der Waals surface area contributed by atoms with Gasteiger partial charge in [0.1, 0.15) is 22.9 Å². The molecule has 17 heteroatoms. The minimum absolute atomic E-state index is 0.0813. The van der Waals surface area contributed by atoms with Gasteiger partial charge in [-0.3, -0.25) is 24.4 Å². The highest BCUT2D eigenvalue weighted by Crippen LogP contribution is 2.43. The van der Waals surface area contributed by atoms with E-state index in [4.69, 9.17) is 26.1 Å². The van der Waals surface area contributed by atoms with Crippen LogP contribution in [0, 0.1) is 5.41 Å². The maximum atomic E-state index is 14.3. The standard InChI is InChI=1S/C51H57ClN8O7S/c1-51(2)17-11-35(43(30-51)33-3-5-36(52)6-4-33)32-57-21-23-59(24-22-57)38-7-9-41(45(28-38)60-46-27-34-12-18-53-48(34)55-44(46)31-54-60)49(61)56-68(64,65)40-8-10-47(42(29-40)50(62)63)67-39-13-19-58(20-14-39)37-15-25-66-26-16-37/h3-10,12,18,27-29,31,37,39,54H,11,13-17,19-26,30,32H2,1-2H3,(H,56,61)(H,62,63). The Balaban J connectivity index is 0.884. The molecule has 3 fully saturated rings. The van der Waals surface area contributed by atoms with E-state index in [1.54, 1.807) is 23.1 Å². The molecule has 0 unspecified atom stereocenters. The van der Waals surface area contributed by atoms with Crippen LogP contribution < -0.4 is 14.4 Å². The van der Waals surface area contributed by atoms with E-state index in [1.807, 2.05) is 36.4 Å². The van der Waals surface area contributed by atoms with Crippen LogP contribution in [0.2, 0.25) is 5.02 Å². The van der Waals surface area contributed by atoms with Crippen LogP contribution in [0.3, 0.4) is 0 Å². The zero-order valence-electron chi connectivity index (χ0n) is 38.4. The highest BCUT2D eigenvalue weighted by Gasteiger charge is 2.32. The molecule has 0 spiro atoms. The first-order chi connectivity index (χ1) is 32.8. The summed E-state index contributed by atoms with van der Waals surface area (Å²) in [7, 11) is -4.56. The van der Waals surface area contributed by atoms with Gasteiger partial charge in [0.25, 0.3) is 15.9 Å². The molecular weight excluding hydrogens is 904 g/mol. The molecule has 0 atom stereocenters. The number of nitrogens with one attached hydrogen (secondary N) is 2.